The van der Waals surface area contributed by atoms with Gasteiger partial charge in [0.1, 0.15) is 19.8 Å². The van der Waals surface area contributed by atoms with E-state index in [1.54, 1.807) is 18.2 Å². The van der Waals surface area contributed by atoms with Crippen LogP contribution in [0.2, 0.25) is 0 Å². The van der Waals surface area contributed by atoms with Gasteiger partial charge in [-0.15, -0.1) is 0 Å². The first kappa shape index (κ1) is 17.8. The van der Waals surface area contributed by atoms with Crippen LogP contribution in [-0.2, 0) is 9.59 Å². The average molecular weight is 354 g/mol. The molecule has 0 bridgehead atoms. The monoisotopic (exact) mass is 354 g/mol. The highest BCUT2D eigenvalue weighted by Gasteiger charge is 2.19. The number of carbonyl (C=O) groups excluding carboxylic acids is 2. The van der Waals surface area contributed by atoms with Crippen LogP contribution in [-0.4, -0.2) is 31.6 Å². The molecule has 0 saturated carbocycles. The van der Waals surface area contributed by atoms with Crippen LogP contribution in [0.4, 0.5) is 11.4 Å². The molecule has 0 saturated heterocycles. The van der Waals surface area contributed by atoms with Crippen molar-refractivity contribution in [3.05, 3.63) is 47.5 Å². The lowest BCUT2D eigenvalue weighted by Crippen LogP contribution is -2.37. The number of carbonyl (C=O) groups is 2. The molecule has 2 amide bonds. The van der Waals surface area contributed by atoms with Gasteiger partial charge in [0.15, 0.2) is 11.5 Å². The fraction of sp³-hybridized carbons (Fsp3) is 0.300. The number of rotatable bonds is 4. The summed E-state index contributed by atoms with van der Waals surface area (Å²) in [6, 6.07) is 11.0. The zero-order chi connectivity index (χ0) is 18.7. The fourth-order valence-electron chi connectivity index (χ4n) is 2.94. The largest absolute Gasteiger partial charge is 0.486 e. The van der Waals surface area contributed by atoms with Crippen LogP contribution in [0.5, 0.6) is 11.5 Å². The van der Waals surface area contributed by atoms with Crippen LogP contribution < -0.4 is 19.7 Å². The number of ether oxygens (including phenoxy) is 2. The molecule has 1 aliphatic rings. The molecule has 0 aliphatic carbocycles. The third kappa shape index (κ3) is 3.96. The Kier molecular flexibility index (Phi) is 5.11. The minimum atomic E-state index is -0.281. The van der Waals surface area contributed by atoms with Crippen molar-refractivity contribution in [3.8, 4) is 11.5 Å². The number of fused-ring (bicyclic) bond motifs is 1. The highest BCUT2D eigenvalue weighted by Crippen LogP contribution is 2.32. The Morgan fingerprint density at radius 1 is 1.04 bits per heavy atom. The molecule has 0 spiro atoms. The average Bonchev–Trinajstić information content (AvgIpc) is 2.60. The molecule has 136 valence electrons. The molecule has 6 nitrogen and oxygen atoms in total. The highest BCUT2D eigenvalue weighted by atomic mass is 16.6. The van der Waals surface area contributed by atoms with E-state index in [0.29, 0.717) is 30.4 Å². The zero-order valence-electron chi connectivity index (χ0n) is 15.2. The molecule has 0 atom stereocenters. The summed E-state index contributed by atoms with van der Waals surface area (Å²) in [4.78, 5) is 26.0. The second kappa shape index (κ2) is 7.47. The molecule has 26 heavy (non-hydrogen) atoms. The van der Waals surface area contributed by atoms with Gasteiger partial charge in [0.25, 0.3) is 0 Å². The smallest absolute Gasteiger partial charge is 0.244 e. The van der Waals surface area contributed by atoms with E-state index in [9.17, 15) is 9.59 Å². The molecule has 0 radical (unpaired) electrons. The summed E-state index contributed by atoms with van der Waals surface area (Å²) >= 11 is 0. The lowest BCUT2D eigenvalue weighted by molar-refractivity contribution is -0.120. The Bertz CT molecular complexity index is 848. The first-order valence-corrected chi connectivity index (χ1v) is 8.49. The van der Waals surface area contributed by atoms with Crippen molar-refractivity contribution < 1.29 is 19.1 Å². The van der Waals surface area contributed by atoms with Gasteiger partial charge in [0, 0.05) is 24.4 Å². The summed E-state index contributed by atoms with van der Waals surface area (Å²) in [6.45, 7) is 6.31. The van der Waals surface area contributed by atoms with Crippen LogP contribution in [0, 0.1) is 13.8 Å². The molecule has 0 fully saturated rings. The molecule has 1 N–H and O–H groups in total. The Morgan fingerprint density at radius 3 is 2.46 bits per heavy atom. The van der Waals surface area contributed by atoms with E-state index in [0.717, 1.165) is 16.8 Å². The summed E-state index contributed by atoms with van der Waals surface area (Å²) in [6.07, 6.45) is 0. The lowest BCUT2D eigenvalue weighted by Gasteiger charge is -2.23. The number of hydrogen-bond acceptors (Lipinski definition) is 4. The van der Waals surface area contributed by atoms with Gasteiger partial charge < -0.3 is 19.7 Å². The van der Waals surface area contributed by atoms with Crippen LogP contribution in [0.3, 0.4) is 0 Å². The topological polar surface area (TPSA) is 67.9 Å². The molecule has 0 unspecified atom stereocenters. The van der Waals surface area contributed by atoms with Crippen molar-refractivity contribution in [3.63, 3.8) is 0 Å². The van der Waals surface area contributed by atoms with Gasteiger partial charge in [-0.2, -0.15) is 0 Å². The molecule has 2 aromatic rings. The van der Waals surface area contributed by atoms with E-state index in [-0.39, 0.29) is 18.4 Å². The summed E-state index contributed by atoms with van der Waals surface area (Å²) in [5.74, 6) is 0.799. The molecule has 6 heteroatoms. The van der Waals surface area contributed by atoms with E-state index in [1.165, 1.54) is 11.8 Å². The van der Waals surface area contributed by atoms with Gasteiger partial charge in [0.2, 0.25) is 11.8 Å². The summed E-state index contributed by atoms with van der Waals surface area (Å²) in [7, 11) is 0. The Balaban J connectivity index is 1.73. The number of aryl methyl sites for hydroxylation is 2. The fourth-order valence-corrected chi connectivity index (χ4v) is 2.94. The number of amides is 2. The second-order valence-corrected chi connectivity index (χ2v) is 6.30. The van der Waals surface area contributed by atoms with Crippen LogP contribution >= 0.6 is 0 Å². The normalized spacial score (nSPS) is 12.4. The first-order valence-electron chi connectivity index (χ1n) is 8.49. The number of benzene rings is 2. The lowest BCUT2D eigenvalue weighted by atomic mass is 10.1. The zero-order valence-corrected chi connectivity index (χ0v) is 15.2. The van der Waals surface area contributed by atoms with Crippen molar-refractivity contribution in [1.82, 2.24) is 0 Å². The summed E-state index contributed by atoms with van der Waals surface area (Å²) in [5, 5.41) is 2.81. The minimum absolute atomic E-state index is 0.0618. The third-order valence-electron chi connectivity index (χ3n) is 4.15. The van der Waals surface area contributed by atoms with Gasteiger partial charge in [-0.1, -0.05) is 17.7 Å². The number of nitrogens with zero attached hydrogens (tertiary/aromatic N) is 1. The number of hydrogen-bond donors (Lipinski definition) is 1. The Labute approximate surface area is 152 Å². The number of anilines is 2. The van der Waals surface area contributed by atoms with E-state index in [4.69, 9.17) is 9.47 Å². The maximum absolute atomic E-state index is 12.5. The van der Waals surface area contributed by atoms with Crippen LogP contribution in [0.1, 0.15) is 18.1 Å². The quantitative estimate of drug-likeness (QED) is 0.916. The van der Waals surface area contributed by atoms with E-state index >= 15 is 0 Å². The predicted molar refractivity (Wildman–Crippen MR) is 100 cm³/mol. The molecule has 2 aromatic carbocycles. The van der Waals surface area contributed by atoms with Crippen molar-refractivity contribution >= 4 is 23.2 Å². The van der Waals surface area contributed by atoms with Crippen molar-refractivity contribution in [2.24, 2.45) is 0 Å². The van der Waals surface area contributed by atoms with Crippen molar-refractivity contribution in [1.29, 1.82) is 0 Å². The van der Waals surface area contributed by atoms with Gasteiger partial charge in [-0.25, -0.2) is 0 Å². The van der Waals surface area contributed by atoms with Crippen LogP contribution in [0.25, 0.3) is 0 Å². The maximum atomic E-state index is 12.5. The van der Waals surface area contributed by atoms with Crippen molar-refractivity contribution in [2.75, 3.05) is 30.0 Å². The van der Waals surface area contributed by atoms with E-state index in [1.807, 2.05) is 32.0 Å². The Hall–Kier alpha value is -3.02. The predicted octanol–water partition coefficient (Wildman–Crippen LogP) is 3.07. The summed E-state index contributed by atoms with van der Waals surface area (Å²) in [5.41, 5.74) is 3.40. The van der Waals surface area contributed by atoms with E-state index < -0.39 is 0 Å². The summed E-state index contributed by atoms with van der Waals surface area (Å²) < 4.78 is 11.0. The highest BCUT2D eigenvalue weighted by molar-refractivity contribution is 6.02. The standard InChI is InChI=1S/C20H22N2O4/c1-13-4-6-17(14(2)10-13)22(15(3)23)12-20(24)21-16-5-7-18-19(11-16)26-9-8-25-18/h4-7,10-11H,8-9,12H2,1-3H3,(H,21,24). The van der Waals surface area contributed by atoms with Crippen molar-refractivity contribution in [2.45, 2.75) is 20.8 Å². The Morgan fingerprint density at radius 2 is 1.77 bits per heavy atom. The van der Waals surface area contributed by atoms with Crippen LogP contribution in [0.15, 0.2) is 36.4 Å². The number of nitrogens with one attached hydrogen (secondary N) is 1. The molecule has 1 heterocycles. The third-order valence-corrected chi connectivity index (χ3v) is 4.15. The van der Waals surface area contributed by atoms with Gasteiger partial charge in [-0.05, 0) is 37.6 Å². The molecule has 3 rings (SSSR count). The SMILES string of the molecule is CC(=O)N(CC(=O)Nc1ccc2c(c1)OCCO2)c1ccc(C)cc1C. The maximum Gasteiger partial charge on any atom is 0.244 e. The first-order chi connectivity index (χ1) is 12.4. The molecule has 0 aromatic heterocycles. The van der Waals surface area contributed by atoms with Gasteiger partial charge >= 0.3 is 0 Å². The van der Waals surface area contributed by atoms with Gasteiger partial charge in [0.05, 0.1) is 0 Å². The van der Waals surface area contributed by atoms with E-state index in [2.05, 4.69) is 5.32 Å². The molecular weight excluding hydrogens is 332 g/mol. The molecular formula is C20H22N2O4. The molecule has 1 aliphatic heterocycles. The minimum Gasteiger partial charge on any atom is -0.486 e. The second-order valence-electron chi connectivity index (χ2n) is 6.30. The van der Waals surface area contributed by atoms with Gasteiger partial charge in [-0.3, -0.25) is 9.59 Å².